The van der Waals surface area contributed by atoms with Crippen molar-refractivity contribution in [3.8, 4) is 0 Å². The number of aryl methyl sites for hydroxylation is 1. The lowest BCUT2D eigenvalue weighted by atomic mass is 10.1. The van der Waals surface area contributed by atoms with E-state index >= 15 is 0 Å². The van der Waals surface area contributed by atoms with Crippen LogP contribution in [0.15, 0.2) is 35.5 Å². The van der Waals surface area contributed by atoms with Crippen LogP contribution in [0.2, 0.25) is 0 Å². The summed E-state index contributed by atoms with van der Waals surface area (Å²) in [6, 6.07) is 8.93. The maximum atomic E-state index is 4.46. The molecule has 1 fully saturated rings. The number of benzene rings is 1. The second kappa shape index (κ2) is 12.4. The lowest BCUT2D eigenvalue weighted by Gasteiger charge is -2.15. The molecule has 0 amide bonds. The topological polar surface area (TPSA) is 52.6 Å². The van der Waals surface area contributed by atoms with Gasteiger partial charge in [0.2, 0.25) is 0 Å². The highest BCUT2D eigenvalue weighted by molar-refractivity contribution is 14.0. The van der Waals surface area contributed by atoms with E-state index in [1.807, 2.05) is 13.2 Å². The van der Waals surface area contributed by atoms with Crippen molar-refractivity contribution in [1.29, 1.82) is 0 Å². The van der Waals surface area contributed by atoms with Crippen LogP contribution in [0.4, 0.5) is 0 Å². The molecule has 7 heteroatoms. The van der Waals surface area contributed by atoms with Gasteiger partial charge in [-0.25, -0.2) is 4.98 Å². The number of hydrogen-bond donors (Lipinski definition) is 2. The van der Waals surface area contributed by atoms with Gasteiger partial charge in [-0.2, -0.15) is 0 Å². The minimum atomic E-state index is 0. The summed E-state index contributed by atoms with van der Waals surface area (Å²) in [6.45, 7) is 7.35. The zero-order valence-electron chi connectivity index (χ0n) is 16.9. The third kappa shape index (κ3) is 7.33. The Bertz CT molecular complexity index is 723. The summed E-state index contributed by atoms with van der Waals surface area (Å²) in [5.74, 6) is 0.836. The van der Waals surface area contributed by atoms with Gasteiger partial charge < -0.3 is 10.6 Å². The van der Waals surface area contributed by atoms with Crippen molar-refractivity contribution in [3.63, 3.8) is 0 Å². The molecule has 2 aromatic rings. The van der Waals surface area contributed by atoms with Gasteiger partial charge in [-0.05, 0) is 43.5 Å². The number of guanidine groups is 1. The molecule has 1 aliphatic heterocycles. The molecule has 0 aliphatic carbocycles. The Labute approximate surface area is 190 Å². The quantitative estimate of drug-likeness (QED) is 0.320. The van der Waals surface area contributed by atoms with Crippen LogP contribution in [0, 0.1) is 0 Å². The number of aliphatic imine (C=N–C) groups is 1. The van der Waals surface area contributed by atoms with Gasteiger partial charge in [0.25, 0.3) is 0 Å². The summed E-state index contributed by atoms with van der Waals surface area (Å²) >= 11 is 1.80. The smallest absolute Gasteiger partial charge is 0.191 e. The third-order valence-corrected chi connectivity index (χ3v) is 6.09. The summed E-state index contributed by atoms with van der Waals surface area (Å²) in [7, 11) is 1.81. The second-order valence-corrected chi connectivity index (χ2v) is 8.18. The first-order valence-corrected chi connectivity index (χ1v) is 10.8. The molecule has 0 radical (unpaired) electrons. The van der Waals surface area contributed by atoms with Gasteiger partial charge in [-0.15, -0.1) is 35.3 Å². The van der Waals surface area contributed by atoms with Crippen molar-refractivity contribution in [2.75, 3.05) is 26.7 Å². The Morgan fingerprint density at radius 1 is 1.14 bits per heavy atom. The second-order valence-electron chi connectivity index (χ2n) is 6.98. The summed E-state index contributed by atoms with van der Waals surface area (Å²) in [4.78, 5) is 12.7. The number of halogens is 1. The van der Waals surface area contributed by atoms with Crippen LogP contribution in [0.25, 0.3) is 0 Å². The largest absolute Gasteiger partial charge is 0.356 e. The van der Waals surface area contributed by atoms with E-state index in [0.717, 1.165) is 38.4 Å². The number of nitrogens with one attached hydrogen (secondary N) is 2. The van der Waals surface area contributed by atoms with E-state index in [4.69, 9.17) is 0 Å². The van der Waals surface area contributed by atoms with Crippen LogP contribution in [0.1, 0.15) is 40.8 Å². The van der Waals surface area contributed by atoms with E-state index in [0.29, 0.717) is 0 Å². The highest BCUT2D eigenvalue weighted by atomic mass is 127. The number of rotatable bonds is 8. The fourth-order valence-corrected chi connectivity index (χ4v) is 4.14. The van der Waals surface area contributed by atoms with Crippen molar-refractivity contribution in [2.24, 2.45) is 4.99 Å². The summed E-state index contributed by atoms with van der Waals surface area (Å²) in [5, 5.41) is 7.95. The molecule has 0 bridgehead atoms. The predicted molar refractivity (Wildman–Crippen MR) is 130 cm³/mol. The van der Waals surface area contributed by atoms with Crippen LogP contribution in [-0.4, -0.2) is 42.5 Å². The van der Waals surface area contributed by atoms with Crippen LogP contribution >= 0.6 is 35.3 Å². The number of likely N-dealkylation sites (tertiary alicyclic amines) is 1. The van der Waals surface area contributed by atoms with Gasteiger partial charge in [0.15, 0.2) is 5.96 Å². The molecule has 3 rings (SSSR count). The molecule has 0 atom stereocenters. The Morgan fingerprint density at radius 2 is 1.86 bits per heavy atom. The molecule has 0 spiro atoms. The highest BCUT2D eigenvalue weighted by Crippen LogP contribution is 2.14. The van der Waals surface area contributed by atoms with Gasteiger partial charge in [-0.3, -0.25) is 9.89 Å². The first kappa shape index (κ1) is 23.1. The van der Waals surface area contributed by atoms with Gasteiger partial charge in [-0.1, -0.05) is 31.2 Å². The summed E-state index contributed by atoms with van der Waals surface area (Å²) < 4.78 is 0. The van der Waals surface area contributed by atoms with E-state index in [-0.39, 0.29) is 24.0 Å². The molecule has 0 saturated carbocycles. The standard InChI is InChI=1S/C21H31N5S.HI/c1-3-19-15-24-20(27-19)10-11-23-21(22-2)25-14-17-6-8-18(9-7-17)16-26-12-4-5-13-26;/h6-9,15H,3-5,10-14,16H2,1-2H3,(H2,22,23,25);1H. The van der Waals surface area contributed by atoms with Gasteiger partial charge in [0.05, 0.1) is 5.01 Å². The first-order valence-electron chi connectivity index (χ1n) is 9.95. The lowest BCUT2D eigenvalue weighted by Crippen LogP contribution is -2.37. The molecule has 2 heterocycles. The molecule has 5 nitrogen and oxygen atoms in total. The number of aromatic nitrogens is 1. The number of thiazole rings is 1. The average molecular weight is 513 g/mol. The minimum absolute atomic E-state index is 0. The molecular weight excluding hydrogens is 481 g/mol. The molecule has 1 aliphatic rings. The molecule has 28 heavy (non-hydrogen) atoms. The van der Waals surface area contributed by atoms with E-state index < -0.39 is 0 Å². The molecular formula is C21H32IN5S. The molecule has 1 saturated heterocycles. The van der Waals surface area contributed by atoms with Gasteiger partial charge >= 0.3 is 0 Å². The van der Waals surface area contributed by atoms with Crippen molar-refractivity contribution in [2.45, 2.75) is 45.7 Å². The van der Waals surface area contributed by atoms with Crippen LogP contribution in [0.3, 0.4) is 0 Å². The zero-order valence-corrected chi connectivity index (χ0v) is 20.1. The van der Waals surface area contributed by atoms with Crippen molar-refractivity contribution in [3.05, 3.63) is 51.5 Å². The maximum Gasteiger partial charge on any atom is 0.191 e. The van der Waals surface area contributed by atoms with E-state index in [1.54, 1.807) is 11.3 Å². The summed E-state index contributed by atoms with van der Waals surface area (Å²) in [5.41, 5.74) is 2.67. The molecule has 1 aromatic heterocycles. The Kier molecular flexibility index (Phi) is 10.2. The Hall–Kier alpha value is -1.19. The number of nitrogens with zero attached hydrogens (tertiary/aromatic N) is 3. The van der Waals surface area contributed by atoms with Crippen LogP contribution in [0.5, 0.6) is 0 Å². The zero-order chi connectivity index (χ0) is 18.9. The molecule has 0 unspecified atom stereocenters. The van der Waals surface area contributed by atoms with Gasteiger partial charge in [0, 0.05) is 44.2 Å². The van der Waals surface area contributed by atoms with E-state index in [2.05, 4.69) is 56.7 Å². The summed E-state index contributed by atoms with van der Waals surface area (Å²) in [6.07, 6.45) is 6.66. The minimum Gasteiger partial charge on any atom is -0.356 e. The van der Waals surface area contributed by atoms with Crippen molar-refractivity contribution in [1.82, 2.24) is 20.5 Å². The monoisotopic (exact) mass is 513 g/mol. The fourth-order valence-electron chi connectivity index (χ4n) is 3.28. The van der Waals surface area contributed by atoms with Crippen LogP contribution < -0.4 is 10.6 Å². The maximum absolute atomic E-state index is 4.46. The normalized spacial score (nSPS) is 14.7. The molecule has 2 N–H and O–H groups in total. The van der Waals surface area contributed by atoms with Crippen molar-refractivity contribution >= 4 is 41.3 Å². The number of hydrogen-bond acceptors (Lipinski definition) is 4. The Morgan fingerprint density at radius 3 is 2.50 bits per heavy atom. The third-order valence-electron chi connectivity index (χ3n) is 4.89. The Balaban J connectivity index is 0.00000280. The highest BCUT2D eigenvalue weighted by Gasteiger charge is 2.11. The predicted octanol–water partition coefficient (Wildman–Crippen LogP) is 3.83. The average Bonchev–Trinajstić information content (AvgIpc) is 3.37. The van der Waals surface area contributed by atoms with E-state index in [9.17, 15) is 0 Å². The molecule has 1 aromatic carbocycles. The SMILES string of the molecule is CCc1cnc(CCNC(=NC)NCc2ccc(CN3CCCC3)cc2)s1.I. The van der Waals surface area contributed by atoms with Crippen LogP contribution in [-0.2, 0) is 25.9 Å². The molecule has 154 valence electrons. The lowest BCUT2D eigenvalue weighted by molar-refractivity contribution is 0.331. The van der Waals surface area contributed by atoms with E-state index in [1.165, 1.54) is 46.9 Å². The fraction of sp³-hybridized carbons (Fsp3) is 0.524. The first-order chi connectivity index (χ1) is 13.3. The van der Waals surface area contributed by atoms with Gasteiger partial charge in [0.1, 0.15) is 0 Å². The van der Waals surface area contributed by atoms with Crippen molar-refractivity contribution < 1.29 is 0 Å².